The van der Waals surface area contributed by atoms with Gasteiger partial charge >= 0.3 is 6.18 Å². The van der Waals surface area contributed by atoms with Crippen LogP contribution in [0.5, 0.6) is 5.75 Å². The average molecular weight is 436 g/mol. The smallest absolute Gasteiger partial charge is 0.420 e. The van der Waals surface area contributed by atoms with Crippen LogP contribution in [0.3, 0.4) is 0 Å². The van der Waals surface area contributed by atoms with E-state index in [0.717, 1.165) is 31.6 Å². The van der Waals surface area contributed by atoms with Gasteiger partial charge in [-0.1, -0.05) is 43.9 Å². The minimum Gasteiger partial charge on any atom is -0.490 e. The zero-order valence-electron chi connectivity index (χ0n) is 18.0. The molecule has 0 heterocycles. The summed E-state index contributed by atoms with van der Waals surface area (Å²) in [7, 11) is 0. The predicted molar refractivity (Wildman–Crippen MR) is 116 cm³/mol. The Morgan fingerprint density at radius 2 is 1.61 bits per heavy atom. The van der Waals surface area contributed by atoms with E-state index in [2.05, 4.69) is 0 Å². The maximum atomic E-state index is 14.1. The van der Waals surface area contributed by atoms with Gasteiger partial charge in [-0.3, -0.25) is 0 Å². The summed E-state index contributed by atoms with van der Waals surface area (Å²) in [5.74, 6) is 1.42. The highest BCUT2D eigenvalue weighted by atomic mass is 19.4. The zero-order chi connectivity index (χ0) is 22.2. The number of rotatable bonds is 5. The largest absolute Gasteiger partial charge is 0.490 e. The van der Waals surface area contributed by atoms with E-state index >= 15 is 0 Å². The highest BCUT2D eigenvalue weighted by molar-refractivity contribution is 5.89. The Bertz CT molecular complexity index is 911. The number of alkyl halides is 3. The second-order valence-electron chi connectivity index (χ2n) is 9.65. The molecule has 2 aliphatic rings. The molecule has 170 valence electrons. The van der Waals surface area contributed by atoms with E-state index in [4.69, 9.17) is 10.5 Å². The fourth-order valence-electron chi connectivity index (χ4n) is 5.43. The molecule has 1 atom stereocenters. The summed E-state index contributed by atoms with van der Waals surface area (Å²) in [6.45, 7) is 1.35. The minimum absolute atomic E-state index is 0.0882. The first kappa shape index (κ1) is 22.4. The van der Waals surface area contributed by atoms with Gasteiger partial charge < -0.3 is 15.6 Å². The molecule has 3 nitrogen and oxygen atoms in total. The molecule has 31 heavy (non-hydrogen) atoms. The Labute approximate surface area is 181 Å². The summed E-state index contributed by atoms with van der Waals surface area (Å²) in [5.41, 5.74) is 4.92. The van der Waals surface area contributed by atoms with Crippen LogP contribution in [-0.2, 0) is 11.7 Å². The molecule has 3 N–H and O–H groups in total. The third-order valence-electron chi connectivity index (χ3n) is 7.33. The molecule has 6 heteroatoms. The van der Waals surface area contributed by atoms with Crippen molar-refractivity contribution < 1.29 is 23.0 Å². The molecule has 2 aliphatic carbocycles. The third kappa shape index (κ3) is 4.70. The first-order chi connectivity index (χ1) is 14.7. The van der Waals surface area contributed by atoms with Gasteiger partial charge in [0, 0.05) is 0 Å². The number of ether oxygens (including phenoxy) is 1. The van der Waals surface area contributed by atoms with Crippen molar-refractivity contribution in [2.45, 2.75) is 76.1 Å². The molecule has 0 bridgehead atoms. The predicted octanol–water partition coefficient (Wildman–Crippen LogP) is 6.15. The van der Waals surface area contributed by atoms with Crippen LogP contribution in [0.4, 0.5) is 13.2 Å². The quantitative estimate of drug-likeness (QED) is 0.592. The molecule has 4 rings (SSSR count). The van der Waals surface area contributed by atoms with E-state index in [-0.39, 0.29) is 23.8 Å². The van der Waals surface area contributed by atoms with E-state index in [9.17, 15) is 18.3 Å². The summed E-state index contributed by atoms with van der Waals surface area (Å²) in [6.07, 6.45) is 4.27. The van der Waals surface area contributed by atoms with Crippen LogP contribution in [0.25, 0.3) is 10.8 Å². The molecule has 2 saturated carbocycles. The SMILES string of the molecule is CC(N)(CO)c1ccc2c(C(F)(F)F)c(OC3CCC(C4CCCC4)CC3)ccc2c1. The Morgan fingerprint density at radius 3 is 2.23 bits per heavy atom. The Balaban J connectivity index is 1.58. The highest BCUT2D eigenvalue weighted by Gasteiger charge is 2.38. The van der Waals surface area contributed by atoms with E-state index in [1.54, 1.807) is 25.1 Å². The lowest BCUT2D eigenvalue weighted by atomic mass is 9.78. The molecule has 0 radical (unpaired) electrons. The van der Waals surface area contributed by atoms with Crippen LogP contribution in [0.2, 0.25) is 0 Å². The summed E-state index contributed by atoms with van der Waals surface area (Å²) >= 11 is 0. The zero-order valence-corrected chi connectivity index (χ0v) is 18.0. The standard InChI is InChI=1S/C25H32F3NO2/c1-24(29,15-30)19-9-12-21-18(14-19)8-13-22(23(21)25(26,27)28)31-20-10-6-17(7-11-20)16-4-2-3-5-16/h8-9,12-14,16-17,20,30H,2-7,10-11,15,29H2,1H3. The number of nitrogens with two attached hydrogens (primary N) is 1. The number of hydrogen-bond donors (Lipinski definition) is 2. The fourth-order valence-corrected chi connectivity index (χ4v) is 5.43. The molecule has 2 aromatic carbocycles. The van der Waals surface area contributed by atoms with Crippen molar-refractivity contribution in [1.82, 2.24) is 0 Å². The molecule has 0 aromatic heterocycles. The monoisotopic (exact) mass is 435 g/mol. The number of benzene rings is 2. The van der Waals surface area contributed by atoms with Crippen molar-refractivity contribution in [2.75, 3.05) is 6.61 Å². The van der Waals surface area contributed by atoms with Crippen LogP contribution < -0.4 is 10.5 Å². The molecule has 2 aromatic rings. The van der Waals surface area contributed by atoms with Crippen LogP contribution in [0.1, 0.15) is 69.4 Å². The first-order valence-electron chi connectivity index (χ1n) is 11.4. The molecular weight excluding hydrogens is 403 g/mol. The van der Waals surface area contributed by atoms with Gasteiger partial charge in [0.1, 0.15) is 11.3 Å². The highest BCUT2D eigenvalue weighted by Crippen LogP contribution is 2.44. The Kier molecular flexibility index (Phi) is 6.23. The van der Waals surface area contributed by atoms with Gasteiger partial charge in [-0.2, -0.15) is 13.2 Å². The summed E-state index contributed by atoms with van der Waals surface area (Å²) in [5, 5.41) is 10.0. The summed E-state index contributed by atoms with van der Waals surface area (Å²) in [4.78, 5) is 0. The Morgan fingerprint density at radius 1 is 0.968 bits per heavy atom. The molecule has 0 spiro atoms. The van der Waals surface area contributed by atoms with Crippen molar-refractivity contribution in [3.05, 3.63) is 41.5 Å². The summed E-state index contributed by atoms with van der Waals surface area (Å²) in [6, 6.07) is 7.71. The van der Waals surface area contributed by atoms with Crippen LogP contribution >= 0.6 is 0 Å². The van der Waals surface area contributed by atoms with Crippen LogP contribution in [-0.4, -0.2) is 17.8 Å². The van der Waals surface area contributed by atoms with Crippen molar-refractivity contribution >= 4 is 10.8 Å². The minimum atomic E-state index is -4.53. The molecular formula is C25H32F3NO2. The van der Waals surface area contributed by atoms with Crippen molar-refractivity contribution in [1.29, 1.82) is 0 Å². The second kappa shape index (κ2) is 8.62. The van der Waals surface area contributed by atoms with Gasteiger partial charge in [0.05, 0.1) is 18.2 Å². The van der Waals surface area contributed by atoms with Crippen molar-refractivity contribution in [2.24, 2.45) is 17.6 Å². The van der Waals surface area contributed by atoms with E-state index in [1.165, 1.54) is 37.8 Å². The van der Waals surface area contributed by atoms with E-state index < -0.39 is 17.3 Å². The number of aliphatic hydroxyl groups excluding tert-OH is 1. The first-order valence-corrected chi connectivity index (χ1v) is 11.4. The second-order valence-corrected chi connectivity index (χ2v) is 9.65. The molecule has 0 saturated heterocycles. The molecule has 2 fully saturated rings. The van der Waals surface area contributed by atoms with Crippen LogP contribution in [0.15, 0.2) is 30.3 Å². The normalized spacial score (nSPS) is 25.0. The van der Waals surface area contributed by atoms with Gasteiger partial charge in [-0.15, -0.1) is 0 Å². The lowest BCUT2D eigenvalue weighted by molar-refractivity contribution is -0.138. The number of hydrogen-bond acceptors (Lipinski definition) is 3. The van der Waals surface area contributed by atoms with Crippen molar-refractivity contribution in [3.8, 4) is 5.75 Å². The van der Waals surface area contributed by atoms with Crippen molar-refractivity contribution in [3.63, 3.8) is 0 Å². The average Bonchev–Trinajstić information content (AvgIpc) is 3.27. The maximum absolute atomic E-state index is 14.1. The van der Waals surface area contributed by atoms with Gasteiger partial charge in [0.25, 0.3) is 0 Å². The Hall–Kier alpha value is -1.79. The molecule has 0 aliphatic heterocycles. The maximum Gasteiger partial charge on any atom is 0.420 e. The van der Waals surface area contributed by atoms with Gasteiger partial charge in [0.15, 0.2) is 0 Å². The number of aliphatic hydroxyl groups is 1. The van der Waals surface area contributed by atoms with E-state index in [1.807, 2.05) is 0 Å². The third-order valence-corrected chi connectivity index (χ3v) is 7.33. The molecule has 0 amide bonds. The molecule has 1 unspecified atom stereocenters. The van der Waals surface area contributed by atoms with E-state index in [0.29, 0.717) is 16.9 Å². The van der Waals surface area contributed by atoms with Gasteiger partial charge in [-0.25, -0.2) is 0 Å². The lowest BCUT2D eigenvalue weighted by Gasteiger charge is -2.33. The number of fused-ring (bicyclic) bond motifs is 1. The number of halogens is 3. The topological polar surface area (TPSA) is 55.5 Å². The lowest BCUT2D eigenvalue weighted by Crippen LogP contribution is -2.36. The van der Waals surface area contributed by atoms with Crippen LogP contribution in [0, 0.1) is 11.8 Å². The summed E-state index contributed by atoms with van der Waals surface area (Å²) < 4.78 is 48.1. The van der Waals surface area contributed by atoms with Gasteiger partial charge in [0.2, 0.25) is 0 Å². The van der Waals surface area contributed by atoms with Gasteiger partial charge in [-0.05, 0) is 72.9 Å². The fraction of sp³-hybridized carbons (Fsp3) is 0.600.